The molecular formula is C40H51F2N5O8S. The smallest absolute Gasteiger partial charge is 0.407 e. The Balaban J connectivity index is 1.40. The zero-order valence-electron chi connectivity index (χ0n) is 32.2. The number of nitrogens with zero attached hydrogens (tertiary/aromatic N) is 2. The number of para-hydroxylation sites is 1. The van der Waals surface area contributed by atoms with E-state index in [1.165, 1.54) is 13.0 Å². The van der Waals surface area contributed by atoms with Crippen molar-refractivity contribution >= 4 is 44.7 Å². The fraction of sp³-hybridized carbons (Fsp3) is 0.575. The number of nitrogens with one attached hydrogen (secondary N) is 3. The van der Waals surface area contributed by atoms with Gasteiger partial charge in [-0.3, -0.25) is 19.1 Å². The highest BCUT2D eigenvalue weighted by atomic mass is 32.2. The number of alkyl halides is 2. The average molecular weight is 800 g/mol. The highest BCUT2D eigenvalue weighted by Gasteiger charge is 2.60. The van der Waals surface area contributed by atoms with Crippen LogP contribution in [0.15, 0.2) is 49.1 Å². The fourth-order valence-corrected chi connectivity index (χ4v) is 9.04. The van der Waals surface area contributed by atoms with Gasteiger partial charge in [0.05, 0.1) is 41.1 Å². The molecule has 1 spiro atoms. The Morgan fingerprint density at radius 3 is 2.61 bits per heavy atom. The molecule has 4 aliphatic rings. The third-order valence-electron chi connectivity index (χ3n) is 11.2. The summed E-state index contributed by atoms with van der Waals surface area (Å²) in [6, 6.07) is 2.34. The summed E-state index contributed by atoms with van der Waals surface area (Å²) in [5.74, 6) is -7.11. The Morgan fingerprint density at radius 2 is 1.91 bits per heavy atom. The van der Waals surface area contributed by atoms with Gasteiger partial charge in [0.1, 0.15) is 23.7 Å². The molecule has 6 rings (SSSR count). The third-order valence-corrected chi connectivity index (χ3v) is 13.3. The van der Waals surface area contributed by atoms with E-state index in [1.807, 2.05) is 19.9 Å². The molecule has 3 aliphatic heterocycles. The van der Waals surface area contributed by atoms with Crippen LogP contribution in [0.25, 0.3) is 10.9 Å². The monoisotopic (exact) mass is 799 g/mol. The predicted octanol–water partition coefficient (Wildman–Crippen LogP) is 5.31. The number of carbonyl (C=O) groups is 4. The van der Waals surface area contributed by atoms with E-state index in [4.69, 9.17) is 9.47 Å². The van der Waals surface area contributed by atoms with Gasteiger partial charge in [-0.25, -0.2) is 27.0 Å². The van der Waals surface area contributed by atoms with Crippen molar-refractivity contribution in [2.45, 2.75) is 120 Å². The zero-order chi connectivity index (χ0) is 40.6. The first kappa shape index (κ1) is 41.0. The van der Waals surface area contributed by atoms with Crippen LogP contribution in [0.1, 0.15) is 89.8 Å². The lowest BCUT2D eigenvalue weighted by Gasteiger charge is -2.40. The van der Waals surface area contributed by atoms with Crippen molar-refractivity contribution in [3.8, 4) is 5.75 Å². The molecular weight excluding hydrogens is 749 g/mol. The largest absolute Gasteiger partial charge is 0.483 e. The molecule has 1 saturated heterocycles. The quantitative estimate of drug-likeness (QED) is 0.314. The Labute approximate surface area is 326 Å². The standard InChI is InChI=1S/C40H51F2N5O8S/c1-6-26-14-10-8-7-9-11-17-29(44-37(51)54-21-24(2)3)36(50)47-23-39(20-30(47)34(48)45-32(26)35(49)46-56(52,53)38(5)18-19-38)22-40(41,42)31-27-15-12-13-16-28(27)43-25(4)33(31)55-39/h6,10,12-16,24,26,29-30,32H,1,7-9,11,17-23H2,2-5H3,(H,44,51)(H,45,48)(H,46,49)/b14-10-/t26-,29-,30-,32?,39-/m0/s1. The fourth-order valence-electron chi connectivity index (χ4n) is 7.77. The van der Waals surface area contributed by atoms with Crippen molar-refractivity contribution in [3.05, 3.63) is 60.3 Å². The summed E-state index contributed by atoms with van der Waals surface area (Å²) in [5.41, 5.74) is -1.56. The molecule has 0 radical (unpaired) electrons. The average Bonchev–Trinajstić information content (AvgIpc) is 3.80. The number of carbonyl (C=O) groups excluding carboxylic acids is 4. The maximum atomic E-state index is 16.6. The van der Waals surface area contributed by atoms with Crippen LogP contribution in [0, 0.1) is 18.8 Å². The van der Waals surface area contributed by atoms with E-state index < -0.39 is 93.5 Å². The number of hydrogen-bond acceptors (Lipinski definition) is 9. The lowest BCUT2D eigenvalue weighted by Crippen LogP contribution is -2.58. The van der Waals surface area contributed by atoms with E-state index in [-0.39, 0.29) is 41.3 Å². The topological polar surface area (TPSA) is 173 Å². The molecule has 1 aromatic carbocycles. The van der Waals surface area contributed by atoms with E-state index in [0.29, 0.717) is 44.0 Å². The molecule has 1 aromatic heterocycles. The van der Waals surface area contributed by atoms with Crippen LogP contribution < -0.4 is 20.1 Å². The molecule has 1 aliphatic carbocycles. The SMILES string of the molecule is C=C[C@H]1/C=C\CCCCC[C@H](NC(=O)OCC(C)C)C(=O)N2C[C@]3(C[C@H]2C(=O)NC1C(=O)NS(=O)(=O)C1(C)CC1)CC(F)(F)c1c(c(C)nc2ccccc12)O3. The number of fused-ring (bicyclic) bond motifs is 4. The number of alkyl carbamates (subject to hydrolysis) is 1. The van der Waals surface area contributed by atoms with Crippen molar-refractivity contribution in [1.29, 1.82) is 0 Å². The van der Waals surface area contributed by atoms with Crippen LogP contribution in [0.5, 0.6) is 5.75 Å². The number of halogens is 2. The van der Waals surface area contributed by atoms with Crippen LogP contribution in [0.4, 0.5) is 13.6 Å². The van der Waals surface area contributed by atoms with Crippen molar-refractivity contribution < 1.29 is 45.9 Å². The van der Waals surface area contributed by atoms with Crippen LogP contribution in [-0.2, 0) is 35.1 Å². The third kappa shape index (κ3) is 8.40. The molecule has 56 heavy (non-hydrogen) atoms. The van der Waals surface area contributed by atoms with E-state index in [0.717, 1.165) is 4.90 Å². The summed E-state index contributed by atoms with van der Waals surface area (Å²) in [6.45, 7) is 10.2. The second kappa shape index (κ2) is 15.7. The van der Waals surface area contributed by atoms with Gasteiger partial charge in [0.2, 0.25) is 21.8 Å². The number of amides is 4. The minimum atomic E-state index is -4.12. The summed E-state index contributed by atoms with van der Waals surface area (Å²) in [4.78, 5) is 61.6. The molecule has 1 saturated carbocycles. The van der Waals surface area contributed by atoms with Crippen molar-refractivity contribution in [2.75, 3.05) is 13.2 Å². The zero-order valence-corrected chi connectivity index (χ0v) is 33.1. The molecule has 304 valence electrons. The summed E-state index contributed by atoms with van der Waals surface area (Å²) >= 11 is 0. The highest BCUT2D eigenvalue weighted by Crippen LogP contribution is 2.54. The second-order valence-corrected chi connectivity index (χ2v) is 18.4. The van der Waals surface area contributed by atoms with E-state index in [9.17, 15) is 27.6 Å². The summed E-state index contributed by atoms with van der Waals surface area (Å²) in [6.07, 6.45) is 6.03. The van der Waals surface area contributed by atoms with E-state index in [1.54, 1.807) is 37.3 Å². The maximum absolute atomic E-state index is 16.6. The molecule has 1 unspecified atom stereocenters. The molecule has 0 bridgehead atoms. The van der Waals surface area contributed by atoms with Crippen LogP contribution in [-0.4, -0.2) is 83.7 Å². The number of benzene rings is 1. The number of hydrogen-bond donors (Lipinski definition) is 3. The normalized spacial score (nSPS) is 28.2. The minimum Gasteiger partial charge on any atom is -0.483 e. The highest BCUT2D eigenvalue weighted by molar-refractivity contribution is 7.91. The Kier molecular flexibility index (Phi) is 11.5. The van der Waals surface area contributed by atoms with E-state index in [2.05, 4.69) is 26.9 Å². The van der Waals surface area contributed by atoms with Gasteiger partial charge in [-0.15, -0.1) is 6.58 Å². The summed E-state index contributed by atoms with van der Waals surface area (Å²) in [7, 11) is -4.12. The van der Waals surface area contributed by atoms with Gasteiger partial charge in [-0.2, -0.15) is 0 Å². The van der Waals surface area contributed by atoms with Gasteiger partial charge in [0.15, 0.2) is 5.75 Å². The Bertz CT molecular complexity index is 2040. The number of sulfonamides is 1. The van der Waals surface area contributed by atoms with Crippen LogP contribution >= 0.6 is 0 Å². The number of aromatic nitrogens is 1. The number of aryl methyl sites for hydroxylation is 1. The van der Waals surface area contributed by atoms with Gasteiger partial charge < -0.3 is 25.0 Å². The van der Waals surface area contributed by atoms with E-state index >= 15 is 8.78 Å². The number of ether oxygens (including phenoxy) is 2. The molecule has 13 nitrogen and oxygen atoms in total. The Hall–Kier alpha value is -4.60. The predicted molar refractivity (Wildman–Crippen MR) is 204 cm³/mol. The molecule has 2 aromatic rings. The summed E-state index contributed by atoms with van der Waals surface area (Å²) in [5, 5.41) is 5.52. The molecule has 5 atom stereocenters. The molecule has 16 heteroatoms. The number of rotatable bonds is 7. The first-order valence-electron chi connectivity index (χ1n) is 19.3. The first-order valence-corrected chi connectivity index (χ1v) is 20.7. The lowest BCUT2D eigenvalue weighted by atomic mass is 9.84. The van der Waals surface area contributed by atoms with Gasteiger partial charge in [0, 0.05) is 17.7 Å². The molecule has 2 fully saturated rings. The first-order chi connectivity index (χ1) is 26.4. The maximum Gasteiger partial charge on any atom is 0.407 e. The number of pyridine rings is 1. The second-order valence-electron chi connectivity index (χ2n) is 16.2. The lowest BCUT2D eigenvalue weighted by molar-refractivity contribution is -0.141. The van der Waals surface area contributed by atoms with Crippen LogP contribution in [0.2, 0.25) is 0 Å². The van der Waals surface area contributed by atoms with Crippen molar-refractivity contribution in [1.82, 2.24) is 25.2 Å². The van der Waals surface area contributed by atoms with Gasteiger partial charge >= 0.3 is 6.09 Å². The minimum absolute atomic E-state index is 0.0127. The van der Waals surface area contributed by atoms with Gasteiger partial charge in [-0.1, -0.05) is 63.1 Å². The van der Waals surface area contributed by atoms with Gasteiger partial charge in [0.25, 0.3) is 11.8 Å². The Morgan fingerprint density at radius 1 is 1.18 bits per heavy atom. The van der Waals surface area contributed by atoms with Gasteiger partial charge in [-0.05, 0) is 57.9 Å². The molecule has 4 heterocycles. The van der Waals surface area contributed by atoms with Crippen LogP contribution in [0.3, 0.4) is 0 Å². The molecule has 4 amide bonds. The van der Waals surface area contributed by atoms with Crippen molar-refractivity contribution in [3.63, 3.8) is 0 Å². The van der Waals surface area contributed by atoms with Crippen molar-refractivity contribution in [2.24, 2.45) is 11.8 Å². The molecule has 3 N–H and O–H groups in total. The number of allylic oxidation sites excluding steroid dienone is 1. The summed E-state index contributed by atoms with van der Waals surface area (Å²) < 4.78 is 72.4.